The van der Waals surface area contributed by atoms with Crippen LogP contribution in [0.1, 0.15) is 34.2 Å². The van der Waals surface area contributed by atoms with E-state index in [2.05, 4.69) is 35.8 Å². The quantitative estimate of drug-likeness (QED) is 0.281. The molecule has 2 heterocycles. The SMILES string of the molecule is COCc1c(C(=O)N/N=C(/C)c2ccc(OCc3ccccc3)cc2)nnn1-c1nonc1N. The molecule has 174 valence electrons. The maximum Gasteiger partial charge on any atom is 0.293 e. The second-order valence-corrected chi connectivity index (χ2v) is 7.14. The van der Waals surface area contributed by atoms with Crippen LogP contribution < -0.4 is 15.9 Å². The number of hydrogen-bond acceptors (Lipinski definition) is 10. The third kappa shape index (κ3) is 5.07. The number of nitrogen functional groups attached to an aromatic ring is 1. The number of benzene rings is 2. The summed E-state index contributed by atoms with van der Waals surface area (Å²) in [5.74, 6) is 0.259. The molecule has 0 atom stereocenters. The highest BCUT2D eigenvalue weighted by Gasteiger charge is 2.23. The smallest absolute Gasteiger partial charge is 0.293 e. The van der Waals surface area contributed by atoms with Crippen LogP contribution in [-0.2, 0) is 18.0 Å². The topological polar surface area (TPSA) is 156 Å². The van der Waals surface area contributed by atoms with Gasteiger partial charge in [-0.25, -0.2) is 10.1 Å². The van der Waals surface area contributed by atoms with Crippen LogP contribution in [0.25, 0.3) is 5.82 Å². The highest BCUT2D eigenvalue weighted by Crippen LogP contribution is 2.17. The lowest BCUT2D eigenvalue weighted by atomic mass is 10.1. The Morgan fingerprint density at radius 1 is 1.12 bits per heavy atom. The first kappa shape index (κ1) is 22.6. The van der Waals surface area contributed by atoms with Gasteiger partial charge in [0.25, 0.3) is 5.91 Å². The third-order valence-electron chi connectivity index (χ3n) is 4.80. The Morgan fingerprint density at radius 3 is 2.56 bits per heavy atom. The van der Waals surface area contributed by atoms with Crippen LogP contribution in [0.15, 0.2) is 64.3 Å². The van der Waals surface area contributed by atoms with Crippen molar-refractivity contribution in [1.29, 1.82) is 0 Å². The molecule has 0 aliphatic rings. The standard InChI is InChI=1S/C22H22N8O4/c1-14(16-8-10-17(11-9-16)33-12-15-6-4-3-5-7-15)24-26-22(31)19-18(13-32-2)30(29-25-19)21-20(23)27-34-28-21/h3-11H,12-13H2,1-2H3,(H2,23,27)(H,26,31)/b24-14-. The van der Waals surface area contributed by atoms with Gasteiger partial charge in [0.05, 0.1) is 12.3 Å². The summed E-state index contributed by atoms with van der Waals surface area (Å²) in [7, 11) is 1.47. The van der Waals surface area contributed by atoms with Crippen LogP contribution in [0.2, 0.25) is 0 Å². The van der Waals surface area contributed by atoms with Crippen LogP contribution in [0.4, 0.5) is 5.82 Å². The molecule has 0 aliphatic carbocycles. The van der Waals surface area contributed by atoms with E-state index in [0.29, 0.717) is 18.0 Å². The molecule has 34 heavy (non-hydrogen) atoms. The molecule has 4 rings (SSSR count). The van der Waals surface area contributed by atoms with Gasteiger partial charge in [-0.05, 0) is 52.6 Å². The average Bonchev–Trinajstić information content (AvgIpc) is 3.48. The molecule has 0 fully saturated rings. The van der Waals surface area contributed by atoms with Crippen molar-refractivity contribution in [1.82, 2.24) is 30.7 Å². The van der Waals surface area contributed by atoms with Crippen molar-refractivity contribution < 1.29 is 18.9 Å². The van der Waals surface area contributed by atoms with Gasteiger partial charge in [-0.3, -0.25) is 4.79 Å². The van der Waals surface area contributed by atoms with E-state index < -0.39 is 5.91 Å². The summed E-state index contributed by atoms with van der Waals surface area (Å²) in [4.78, 5) is 12.7. The van der Waals surface area contributed by atoms with E-state index in [1.807, 2.05) is 54.6 Å². The minimum Gasteiger partial charge on any atom is -0.489 e. The lowest BCUT2D eigenvalue weighted by molar-refractivity contribution is 0.0944. The van der Waals surface area contributed by atoms with Gasteiger partial charge in [-0.15, -0.1) is 5.10 Å². The second-order valence-electron chi connectivity index (χ2n) is 7.14. The number of anilines is 1. The Kier molecular flexibility index (Phi) is 6.89. The zero-order chi connectivity index (χ0) is 23.9. The first-order valence-electron chi connectivity index (χ1n) is 10.2. The minimum atomic E-state index is -0.574. The summed E-state index contributed by atoms with van der Waals surface area (Å²) in [5, 5.41) is 19.2. The number of carbonyl (C=O) groups excluding carboxylic acids is 1. The van der Waals surface area contributed by atoms with Crippen molar-refractivity contribution in [2.75, 3.05) is 12.8 Å². The van der Waals surface area contributed by atoms with E-state index in [9.17, 15) is 4.79 Å². The highest BCUT2D eigenvalue weighted by atomic mass is 16.6. The monoisotopic (exact) mass is 462 g/mol. The fourth-order valence-corrected chi connectivity index (χ4v) is 3.04. The van der Waals surface area contributed by atoms with Crippen molar-refractivity contribution in [3.05, 3.63) is 77.1 Å². The van der Waals surface area contributed by atoms with E-state index in [1.165, 1.54) is 11.8 Å². The Hall–Kier alpha value is -4.58. The van der Waals surface area contributed by atoms with Crippen LogP contribution in [-0.4, -0.2) is 44.0 Å². The summed E-state index contributed by atoms with van der Waals surface area (Å²) in [5.41, 5.74) is 11.0. The molecule has 4 aromatic rings. The van der Waals surface area contributed by atoms with E-state index in [1.54, 1.807) is 6.92 Å². The van der Waals surface area contributed by atoms with E-state index in [4.69, 9.17) is 15.2 Å². The molecule has 0 aliphatic heterocycles. The molecule has 0 saturated carbocycles. The van der Waals surface area contributed by atoms with Gasteiger partial charge in [-0.1, -0.05) is 35.5 Å². The molecule has 0 unspecified atom stereocenters. The van der Waals surface area contributed by atoms with Gasteiger partial charge < -0.3 is 15.2 Å². The molecule has 12 heteroatoms. The summed E-state index contributed by atoms with van der Waals surface area (Å²) in [6, 6.07) is 17.3. The average molecular weight is 462 g/mol. The molecule has 1 amide bonds. The number of nitrogens with zero attached hydrogens (tertiary/aromatic N) is 6. The predicted octanol–water partition coefficient (Wildman–Crippen LogP) is 2.11. The Morgan fingerprint density at radius 2 is 1.88 bits per heavy atom. The zero-order valence-corrected chi connectivity index (χ0v) is 18.5. The Bertz CT molecular complexity index is 1280. The molecule has 2 aromatic carbocycles. The minimum absolute atomic E-state index is 0.000675. The van der Waals surface area contributed by atoms with E-state index >= 15 is 0 Å². The summed E-state index contributed by atoms with van der Waals surface area (Å²) < 4.78 is 16.8. The van der Waals surface area contributed by atoms with Gasteiger partial charge in [-0.2, -0.15) is 9.78 Å². The zero-order valence-electron chi connectivity index (χ0n) is 18.5. The van der Waals surface area contributed by atoms with Gasteiger partial charge >= 0.3 is 0 Å². The molecule has 12 nitrogen and oxygen atoms in total. The predicted molar refractivity (Wildman–Crippen MR) is 121 cm³/mol. The second kappa shape index (κ2) is 10.4. The third-order valence-corrected chi connectivity index (χ3v) is 4.80. The summed E-state index contributed by atoms with van der Waals surface area (Å²) >= 11 is 0. The molecular formula is C22H22N8O4. The highest BCUT2D eigenvalue weighted by molar-refractivity contribution is 6.00. The number of aromatic nitrogens is 5. The number of nitrogens with one attached hydrogen (secondary N) is 1. The number of nitrogens with two attached hydrogens (primary N) is 1. The largest absolute Gasteiger partial charge is 0.489 e. The number of rotatable bonds is 9. The lowest BCUT2D eigenvalue weighted by Gasteiger charge is -2.08. The van der Waals surface area contributed by atoms with E-state index in [0.717, 1.165) is 16.9 Å². The Balaban J connectivity index is 1.42. The van der Waals surface area contributed by atoms with Gasteiger partial charge in [0, 0.05) is 7.11 Å². The number of methoxy groups -OCH3 is 1. The number of carbonyl (C=O) groups is 1. The number of hydrazone groups is 1. The molecule has 2 aromatic heterocycles. The summed E-state index contributed by atoms with van der Waals surface area (Å²) in [6.07, 6.45) is 0. The normalized spacial score (nSPS) is 11.4. The molecule has 0 spiro atoms. The van der Waals surface area contributed by atoms with Gasteiger partial charge in [0.2, 0.25) is 11.6 Å². The van der Waals surface area contributed by atoms with Crippen molar-refractivity contribution >= 4 is 17.4 Å². The molecule has 0 bridgehead atoms. The van der Waals surface area contributed by atoms with Crippen molar-refractivity contribution in [3.8, 4) is 11.6 Å². The van der Waals surface area contributed by atoms with E-state index in [-0.39, 0.29) is 23.9 Å². The number of ether oxygens (including phenoxy) is 2. The number of hydrogen-bond donors (Lipinski definition) is 2. The Labute approximate surface area is 194 Å². The van der Waals surface area contributed by atoms with Crippen LogP contribution in [0.5, 0.6) is 5.75 Å². The number of amides is 1. The van der Waals surface area contributed by atoms with Crippen molar-refractivity contribution in [2.24, 2.45) is 5.10 Å². The molecular weight excluding hydrogens is 440 g/mol. The lowest BCUT2D eigenvalue weighted by Crippen LogP contribution is -2.22. The fourth-order valence-electron chi connectivity index (χ4n) is 3.04. The molecule has 3 N–H and O–H groups in total. The molecule has 0 radical (unpaired) electrons. The van der Waals surface area contributed by atoms with Crippen molar-refractivity contribution in [3.63, 3.8) is 0 Å². The van der Waals surface area contributed by atoms with Crippen molar-refractivity contribution in [2.45, 2.75) is 20.1 Å². The molecule has 0 saturated heterocycles. The first-order chi connectivity index (χ1) is 16.6. The maximum absolute atomic E-state index is 12.7. The van der Waals surface area contributed by atoms with Gasteiger partial charge in [0.1, 0.15) is 18.1 Å². The van der Waals surface area contributed by atoms with Crippen LogP contribution in [0, 0.1) is 0 Å². The van der Waals surface area contributed by atoms with Gasteiger partial charge in [0.15, 0.2) is 5.69 Å². The first-order valence-corrected chi connectivity index (χ1v) is 10.2. The maximum atomic E-state index is 12.7. The van der Waals surface area contributed by atoms with Crippen LogP contribution >= 0.6 is 0 Å². The fraction of sp³-hybridized carbons (Fsp3) is 0.182. The summed E-state index contributed by atoms with van der Waals surface area (Å²) in [6.45, 7) is 2.27. The van der Waals surface area contributed by atoms with Crippen LogP contribution in [0.3, 0.4) is 0 Å².